The van der Waals surface area contributed by atoms with E-state index >= 15 is 0 Å². The van der Waals surface area contributed by atoms with Crippen LogP contribution >= 0.6 is 11.6 Å². The van der Waals surface area contributed by atoms with Crippen LogP contribution in [0.1, 0.15) is 12.5 Å². The zero-order valence-corrected chi connectivity index (χ0v) is 13.6. The molecule has 0 bridgehead atoms. The van der Waals surface area contributed by atoms with Gasteiger partial charge in [-0.3, -0.25) is 4.79 Å². The van der Waals surface area contributed by atoms with E-state index in [0.29, 0.717) is 10.6 Å². The molecule has 0 aliphatic heterocycles. The summed E-state index contributed by atoms with van der Waals surface area (Å²) in [7, 11) is 0. The first-order valence-corrected chi connectivity index (χ1v) is 7.46. The van der Waals surface area contributed by atoms with Crippen LogP contribution in [0.4, 0.5) is 0 Å². The summed E-state index contributed by atoms with van der Waals surface area (Å²) >= 11 is 6.07. The standard InChI is InChI=1S/C17H13ClO6/c1-8-6-13-10(7-11(8)18)14(19)16(23-9(2)17(20)21)15(24-13)12-4-3-5-22-12/h3-7,9H,1-2H3,(H,20,21)/t9-/m0/s1. The molecular weight excluding hydrogens is 336 g/mol. The normalized spacial score (nSPS) is 12.3. The lowest BCUT2D eigenvalue weighted by molar-refractivity contribution is -0.144. The highest BCUT2D eigenvalue weighted by Gasteiger charge is 2.24. The summed E-state index contributed by atoms with van der Waals surface area (Å²) in [4.78, 5) is 23.9. The first-order chi connectivity index (χ1) is 11.4. The van der Waals surface area contributed by atoms with E-state index in [2.05, 4.69) is 0 Å². The zero-order valence-electron chi connectivity index (χ0n) is 12.8. The van der Waals surface area contributed by atoms with Crippen LogP contribution < -0.4 is 10.2 Å². The van der Waals surface area contributed by atoms with Gasteiger partial charge in [0.2, 0.25) is 16.9 Å². The lowest BCUT2D eigenvalue weighted by Gasteiger charge is -2.13. The zero-order chi connectivity index (χ0) is 17.4. The Hall–Kier alpha value is -2.73. The minimum Gasteiger partial charge on any atom is -0.479 e. The first kappa shape index (κ1) is 16.1. The highest BCUT2D eigenvalue weighted by Crippen LogP contribution is 2.33. The highest BCUT2D eigenvalue weighted by atomic mass is 35.5. The molecule has 0 saturated carbocycles. The van der Waals surface area contributed by atoms with Crippen molar-refractivity contribution in [3.63, 3.8) is 0 Å². The number of carboxylic acid groups (broad SMARTS) is 1. The number of rotatable bonds is 4. The largest absolute Gasteiger partial charge is 0.479 e. The third-order valence-electron chi connectivity index (χ3n) is 3.52. The molecule has 0 spiro atoms. The van der Waals surface area contributed by atoms with E-state index in [1.807, 2.05) is 0 Å². The van der Waals surface area contributed by atoms with Gasteiger partial charge in [-0.25, -0.2) is 4.79 Å². The van der Waals surface area contributed by atoms with Crippen LogP contribution in [0.25, 0.3) is 22.5 Å². The molecule has 24 heavy (non-hydrogen) atoms. The second-order valence-electron chi connectivity index (χ2n) is 5.26. The number of carboxylic acids is 1. The molecule has 2 heterocycles. The van der Waals surface area contributed by atoms with Gasteiger partial charge in [0.1, 0.15) is 5.58 Å². The topological polar surface area (TPSA) is 89.9 Å². The lowest BCUT2D eigenvalue weighted by Crippen LogP contribution is -2.26. The second-order valence-corrected chi connectivity index (χ2v) is 5.67. The number of hydrogen-bond acceptors (Lipinski definition) is 5. The lowest BCUT2D eigenvalue weighted by atomic mass is 10.1. The molecular formula is C17H13ClO6. The Morgan fingerprint density at radius 1 is 1.38 bits per heavy atom. The number of aryl methyl sites for hydroxylation is 1. The predicted octanol–water partition coefficient (Wildman–Crippen LogP) is 3.87. The molecule has 0 amide bonds. The first-order valence-electron chi connectivity index (χ1n) is 7.08. The van der Waals surface area contributed by atoms with Crippen molar-refractivity contribution in [3.05, 3.63) is 51.3 Å². The van der Waals surface area contributed by atoms with Gasteiger partial charge in [-0.15, -0.1) is 0 Å². The van der Waals surface area contributed by atoms with E-state index < -0.39 is 17.5 Å². The summed E-state index contributed by atoms with van der Waals surface area (Å²) < 4.78 is 16.4. The molecule has 1 atom stereocenters. The van der Waals surface area contributed by atoms with Gasteiger partial charge in [-0.05, 0) is 43.7 Å². The van der Waals surface area contributed by atoms with Crippen molar-refractivity contribution < 1.29 is 23.5 Å². The van der Waals surface area contributed by atoms with Crippen molar-refractivity contribution >= 4 is 28.5 Å². The van der Waals surface area contributed by atoms with Crippen molar-refractivity contribution in [2.24, 2.45) is 0 Å². The Morgan fingerprint density at radius 2 is 2.12 bits per heavy atom. The number of furan rings is 1. The fourth-order valence-electron chi connectivity index (χ4n) is 2.20. The van der Waals surface area contributed by atoms with Gasteiger partial charge in [0.25, 0.3) is 0 Å². The Bertz CT molecular complexity index is 971. The average Bonchev–Trinajstić information content (AvgIpc) is 3.06. The van der Waals surface area contributed by atoms with E-state index in [9.17, 15) is 9.59 Å². The fourth-order valence-corrected chi connectivity index (χ4v) is 2.37. The number of aliphatic carboxylic acids is 1. The third-order valence-corrected chi connectivity index (χ3v) is 3.92. The number of fused-ring (bicyclic) bond motifs is 1. The van der Waals surface area contributed by atoms with E-state index in [-0.39, 0.29) is 22.7 Å². The van der Waals surface area contributed by atoms with Crippen molar-refractivity contribution in [2.45, 2.75) is 20.0 Å². The van der Waals surface area contributed by atoms with Gasteiger partial charge in [0, 0.05) is 5.02 Å². The maximum atomic E-state index is 12.8. The Labute approximate surface area is 141 Å². The van der Waals surface area contributed by atoms with Gasteiger partial charge in [-0.1, -0.05) is 11.6 Å². The van der Waals surface area contributed by atoms with Crippen molar-refractivity contribution in [2.75, 3.05) is 0 Å². The van der Waals surface area contributed by atoms with E-state index in [4.69, 9.17) is 30.3 Å². The Balaban J connectivity index is 2.31. The van der Waals surface area contributed by atoms with E-state index in [1.165, 1.54) is 19.3 Å². The minimum absolute atomic E-state index is 0.0346. The molecule has 0 fully saturated rings. The summed E-state index contributed by atoms with van der Waals surface area (Å²) in [5, 5.41) is 9.65. The maximum absolute atomic E-state index is 12.8. The third kappa shape index (κ3) is 2.76. The molecule has 3 aromatic rings. The molecule has 3 rings (SSSR count). The van der Waals surface area contributed by atoms with E-state index in [1.54, 1.807) is 25.1 Å². The van der Waals surface area contributed by atoms with Gasteiger partial charge >= 0.3 is 5.97 Å². The summed E-state index contributed by atoms with van der Waals surface area (Å²) in [6, 6.07) is 6.32. The fraction of sp³-hybridized carbons (Fsp3) is 0.176. The van der Waals surface area contributed by atoms with E-state index in [0.717, 1.165) is 5.56 Å². The minimum atomic E-state index is -1.24. The molecule has 124 valence electrons. The van der Waals surface area contributed by atoms with Crippen LogP contribution in [0.15, 0.2) is 44.2 Å². The van der Waals surface area contributed by atoms with Gasteiger partial charge in [-0.2, -0.15) is 0 Å². The number of carbonyl (C=O) groups is 1. The molecule has 0 saturated heterocycles. The number of halogens is 1. The van der Waals surface area contributed by atoms with Crippen LogP contribution in [-0.4, -0.2) is 17.2 Å². The Morgan fingerprint density at radius 3 is 2.75 bits per heavy atom. The van der Waals surface area contributed by atoms with Crippen LogP contribution in [0.5, 0.6) is 5.75 Å². The smallest absolute Gasteiger partial charge is 0.344 e. The molecule has 0 radical (unpaired) electrons. The number of hydrogen-bond donors (Lipinski definition) is 1. The van der Waals surface area contributed by atoms with Gasteiger partial charge < -0.3 is 18.7 Å². The molecule has 0 aliphatic rings. The quantitative estimate of drug-likeness (QED) is 0.769. The van der Waals surface area contributed by atoms with Crippen LogP contribution in [0.3, 0.4) is 0 Å². The predicted molar refractivity (Wildman–Crippen MR) is 87.7 cm³/mol. The molecule has 0 unspecified atom stereocenters. The molecule has 7 heteroatoms. The SMILES string of the molecule is Cc1cc2oc(-c3ccco3)c(O[C@@H](C)C(=O)O)c(=O)c2cc1Cl. The Kier molecular flexibility index (Phi) is 4.07. The maximum Gasteiger partial charge on any atom is 0.344 e. The molecule has 6 nitrogen and oxygen atoms in total. The summed E-state index contributed by atoms with van der Waals surface area (Å²) in [5.74, 6) is -1.14. The van der Waals surface area contributed by atoms with Crippen molar-refractivity contribution in [3.8, 4) is 17.3 Å². The molecule has 0 aliphatic carbocycles. The molecule has 2 aromatic heterocycles. The van der Waals surface area contributed by atoms with Crippen molar-refractivity contribution in [1.29, 1.82) is 0 Å². The summed E-state index contributed by atoms with van der Waals surface area (Å²) in [6.07, 6.45) is 0.178. The second kappa shape index (κ2) is 6.05. The highest BCUT2D eigenvalue weighted by molar-refractivity contribution is 6.32. The summed E-state index contributed by atoms with van der Waals surface area (Å²) in [6.45, 7) is 3.10. The number of benzene rings is 1. The van der Waals surface area contributed by atoms with Gasteiger partial charge in [0.05, 0.1) is 11.6 Å². The number of ether oxygens (including phenoxy) is 1. The van der Waals surface area contributed by atoms with Crippen LogP contribution in [-0.2, 0) is 4.79 Å². The molecule has 1 aromatic carbocycles. The average molecular weight is 349 g/mol. The van der Waals surface area contributed by atoms with Gasteiger partial charge in [0.15, 0.2) is 11.9 Å². The van der Waals surface area contributed by atoms with Crippen LogP contribution in [0.2, 0.25) is 5.02 Å². The monoisotopic (exact) mass is 348 g/mol. The van der Waals surface area contributed by atoms with Crippen LogP contribution in [0, 0.1) is 6.92 Å². The van der Waals surface area contributed by atoms with Crippen molar-refractivity contribution in [1.82, 2.24) is 0 Å². The molecule has 1 N–H and O–H groups in total. The summed E-state index contributed by atoms with van der Waals surface area (Å²) in [5.41, 5.74) is 0.534.